The van der Waals surface area contributed by atoms with Crippen LogP contribution in [0.2, 0.25) is 0 Å². The van der Waals surface area contributed by atoms with Crippen molar-refractivity contribution in [3.05, 3.63) is 71.0 Å². The largest absolute Gasteiger partial charge is 0.464 e. The molecule has 0 amide bonds. The Morgan fingerprint density at radius 3 is 2.62 bits per heavy atom. The summed E-state index contributed by atoms with van der Waals surface area (Å²) in [6.45, 7) is 7.41. The number of nitrogens with one attached hydrogen (secondary N) is 1. The van der Waals surface area contributed by atoms with Gasteiger partial charge in [-0.1, -0.05) is 43.3 Å². The van der Waals surface area contributed by atoms with Crippen molar-refractivity contribution in [3.8, 4) is 0 Å². The van der Waals surface area contributed by atoms with E-state index in [1.807, 2.05) is 18.4 Å². The zero-order valence-electron chi connectivity index (χ0n) is 12.8. The van der Waals surface area contributed by atoms with Crippen LogP contribution in [0.1, 0.15) is 35.2 Å². The maximum absolute atomic E-state index is 5.73. The first-order valence-corrected chi connectivity index (χ1v) is 7.48. The van der Waals surface area contributed by atoms with Crippen LogP contribution in [-0.4, -0.2) is 6.54 Å². The standard InChI is InChI=1S/C19H21NO/c1-4-20-19(15-10-7-8-13(2)14(15)3)17-12-21-18-11-6-5-9-16(17)18/h5-12,19-20H,4H2,1-3H3. The Morgan fingerprint density at radius 2 is 1.81 bits per heavy atom. The van der Waals surface area contributed by atoms with Crippen LogP contribution in [-0.2, 0) is 0 Å². The van der Waals surface area contributed by atoms with Crippen molar-refractivity contribution in [1.29, 1.82) is 0 Å². The van der Waals surface area contributed by atoms with Gasteiger partial charge in [0.2, 0.25) is 0 Å². The number of rotatable bonds is 4. The molecule has 2 heteroatoms. The molecule has 108 valence electrons. The fraction of sp³-hybridized carbons (Fsp3) is 0.263. The molecular formula is C19H21NO. The minimum atomic E-state index is 0.165. The molecule has 1 unspecified atom stereocenters. The van der Waals surface area contributed by atoms with Crippen LogP contribution < -0.4 is 5.32 Å². The molecule has 0 aliphatic heterocycles. The van der Waals surface area contributed by atoms with E-state index in [0.717, 1.165) is 12.1 Å². The SMILES string of the molecule is CCNC(c1cccc(C)c1C)c1coc2ccccc12. The molecular weight excluding hydrogens is 258 g/mol. The van der Waals surface area contributed by atoms with Gasteiger partial charge in [-0.25, -0.2) is 0 Å². The van der Waals surface area contributed by atoms with E-state index >= 15 is 0 Å². The highest BCUT2D eigenvalue weighted by Crippen LogP contribution is 2.32. The molecule has 0 bridgehead atoms. The first kappa shape index (κ1) is 13.9. The van der Waals surface area contributed by atoms with Crippen LogP contribution in [0.3, 0.4) is 0 Å². The minimum Gasteiger partial charge on any atom is -0.464 e. The van der Waals surface area contributed by atoms with Crippen LogP contribution >= 0.6 is 0 Å². The number of para-hydroxylation sites is 1. The number of fused-ring (bicyclic) bond motifs is 1. The minimum absolute atomic E-state index is 0.165. The molecule has 0 aliphatic rings. The number of aryl methyl sites for hydroxylation is 1. The molecule has 1 N–H and O–H groups in total. The molecule has 0 saturated carbocycles. The molecule has 3 rings (SSSR count). The van der Waals surface area contributed by atoms with Gasteiger partial charge in [0.1, 0.15) is 5.58 Å². The maximum atomic E-state index is 5.73. The second kappa shape index (κ2) is 5.74. The normalized spacial score (nSPS) is 12.7. The number of furan rings is 1. The Balaban J connectivity index is 2.16. The Hall–Kier alpha value is -2.06. The summed E-state index contributed by atoms with van der Waals surface area (Å²) in [7, 11) is 0. The van der Waals surface area contributed by atoms with Crippen molar-refractivity contribution in [2.24, 2.45) is 0 Å². The van der Waals surface area contributed by atoms with E-state index in [2.05, 4.69) is 56.4 Å². The lowest BCUT2D eigenvalue weighted by atomic mass is 9.92. The molecule has 0 spiro atoms. The van der Waals surface area contributed by atoms with Crippen molar-refractivity contribution in [3.63, 3.8) is 0 Å². The van der Waals surface area contributed by atoms with E-state index in [4.69, 9.17) is 4.42 Å². The van der Waals surface area contributed by atoms with Gasteiger partial charge in [0.05, 0.1) is 12.3 Å². The molecule has 0 saturated heterocycles. The molecule has 21 heavy (non-hydrogen) atoms. The smallest absolute Gasteiger partial charge is 0.134 e. The number of hydrogen-bond donors (Lipinski definition) is 1. The topological polar surface area (TPSA) is 25.2 Å². The van der Waals surface area contributed by atoms with E-state index in [-0.39, 0.29) is 6.04 Å². The summed E-state index contributed by atoms with van der Waals surface area (Å²) >= 11 is 0. The fourth-order valence-electron chi connectivity index (χ4n) is 2.90. The highest BCUT2D eigenvalue weighted by atomic mass is 16.3. The lowest BCUT2D eigenvalue weighted by molar-refractivity contribution is 0.583. The molecule has 0 fully saturated rings. The second-order valence-electron chi connectivity index (χ2n) is 5.47. The average Bonchev–Trinajstić information content (AvgIpc) is 2.92. The van der Waals surface area contributed by atoms with Gasteiger partial charge in [-0.3, -0.25) is 0 Å². The zero-order chi connectivity index (χ0) is 14.8. The molecule has 1 aromatic heterocycles. The van der Waals surface area contributed by atoms with Gasteiger partial charge in [-0.15, -0.1) is 0 Å². The summed E-state index contributed by atoms with van der Waals surface area (Å²) in [6, 6.07) is 14.9. The third kappa shape index (κ3) is 2.47. The van der Waals surface area contributed by atoms with Gasteiger partial charge in [-0.05, 0) is 43.1 Å². The van der Waals surface area contributed by atoms with Gasteiger partial charge in [0, 0.05) is 10.9 Å². The van der Waals surface area contributed by atoms with E-state index in [1.54, 1.807) is 0 Å². The van der Waals surface area contributed by atoms with Crippen LogP contribution in [0.15, 0.2) is 53.1 Å². The molecule has 1 heterocycles. The van der Waals surface area contributed by atoms with Gasteiger partial charge in [-0.2, -0.15) is 0 Å². The predicted molar refractivity (Wildman–Crippen MR) is 87.6 cm³/mol. The van der Waals surface area contributed by atoms with E-state index in [0.29, 0.717) is 0 Å². The Bertz CT molecular complexity index is 757. The predicted octanol–water partition coefficient (Wildman–Crippen LogP) is 4.75. The summed E-state index contributed by atoms with van der Waals surface area (Å²) in [4.78, 5) is 0. The summed E-state index contributed by atoms with van der Waals surface area (Å²) in [5.41, 5.74) is 6.14. The summed E-state index contributed by atoms with van der Waals surface area (Å²) in [5.74, 6) is 0. The van der Waals surface area contributed by atoms with Crippen LogP contribution in [0.5, 0.6) is 0 Å². The quantitative estimate of drug-likeness (QED) is 0.745. The number of benzene rings is 2. The van der Waals surface area contributed by atoms with Crippen LogP contribution in [0.25, 0.3) is 11.0 Å². The van der Waals surface area contributed by atoms with Gasteiger partial charge in [0.25, 0.3) is 0 Å². The highest BCUT2D eigenvalue weighted by Gasteiger charge is 2.20. The second-order valence-corrected chi connectivity index (χ2v) is 5.47. The van der Waals surface area contributed by atoms with Crippen molar-refractivity contribution in [1.82, 2.24) is 5.32 Å². The zero-order valence-corrected chi connectivity index (χ0v) is 12.8. The maximum Gasteiger partial charge on any atom is 0.134 e. The Kier molecular flexibility index (Phi) is 3.80. The first-order chi connectivity index (χ1) is 10.2. The summed E-state index contributed by atoms with van der Waals surface area (Å²) in [5, 5.41) is 4.79. The summed E-state index contributed by atoms with van der Waals surface area (Å²) < 4.78 is 5.73. The molecule has 3 aromatic rings. The Morgan fingerprint density at radius 1 is 1.00 bits per heavy atom. The van der Waals surface area contributed by atoms with E-state index in [9.17, 15) is 0 Å². The van der Waals surface area contributed by atoms with Gasteiger partial charge < -0.3 is 9.73 Å². The fourth-order valence-corrected chi connectivity index (χ4v) is 2.90. The Labute approximate surface area is 125 Å². The summed E-state index contributed by atoms with van der Waals surface area (Å²) in [6.07, 6.45) is 1.89. The first-order valence-electron chi connectivity index (χ1n) is 7.48. The average molecular weight is 279 g/mol. The highest BCUT2D eigenvalue weighted by molar-refractivity contribution is 5.82. The van der Waals surface area contributed by atoms with E-state index < -0.39 is 0 Å². The van der Waals surface area contributed by atoms with Gasteiger partial charge >= 0.3 is 0 Å². The lowest BCUT2D eigenvalue weighted by Crippen LogP contribution is -2.22. The molecule has 1 atom stereocenters. The van der Waals surface area contributed by atoms with Crippen molar-refractivity contribution >= 4 is 11.0 Å². The van der Waals surface area contributed by atoms with Gasteiger partial charge in [0.15, 0.2) is 0 Å². The monoisotopic (exact) mass is 279 g/mol. The van der Waals surface area contributed by atoms with Crippen molar-refractivity contribution in [2.75, 3.05) is 6.54 Å². The number of hydrogen-bond acceptors (Lipinski definition) is 2. The lowest BCUT2D eigenvalue weighted by Gasteiger charge is -2.20. The molecule has 2 aromatic carbocycles. The van der Waals surface area contributed by atoms with Crippen molar-refractivity contribution < 1.29 is 4.42 Å². The van der Waals surface area contributed by atoms with Crippen LogP contribution in [0.4, 0.5) is 0 Å². The third-order valence-electron chi connectivity index (χ3n) is 4.19. The molecule has 2 nitrogen and oxygen atoms in total. The molecule has 0 radical (unpaired) electrons. The van der Waals surface area contributed by atoms with Crippen LogP contribution in [0, 0.1) is 13.8 Å². The molecule has 0 aliphatic carbocycles. The van der Waals surface area contributed by atoms with Crippen molar-refractivity contribution in [2.45, 2.75) is 26.8 Å². The van der Waals surface area contributed by atoms with E-state index in [1.165, 1.54) is 27.6 Å². The third-order valence-corrected chi connectivity index (χ3v) is 4.19.